The van der Waals surface area contributed by atoms with Gasteiger partial charge in [-0.3, -0.25) is 0 Å². The van der Waals surface area contributed by atoms with Crippen molar-refractivity contribution in [3.8, 4) is 0 Å². The number of sulfone groups is 1. The summed E-state index contributed by atoms with van der Waals surface area (Å²) in [6.45, 7) is 0.295. The van der Waals surface area contributed by atoms with Gasteiger partial charge in [-0.1, -0.05) is 0 Å². The Hall–Kier alpha value is -0.370. The molecule has 0 amide bonds. The van der Waals surface area contributed by atoms with Gasteiger partial charge in [0.25, 0.3) is 0 Å². The first-order valence-corrected chi connectivity index (χ1v) is 8.15. The normalized spacial score (nSPS) is 24.8. The van der Waals surface area contributed by atoms with Crippen LogP contribution in [-0.2, 0) is 9.84 Å². The maximum absolute atomic E-state index is 12.8. The lowest BCUT2D eigenvalue weighted by Gasteiger charge is -2.10. The average molecular weight is 305 g/mol. The molecule has 19 heavy (non-hydrogen) atoms. The van der Waals surface area contributed by atoms with E-state index in [0.29, 0.717) is 25.8 Å². The van der Waals surface area contributed by atoms with Gasteiger partial charge < -0.3 is 5.32 Å². The first-order chi connectivity index (χ1) is 8.68. The fraction of sp³-hybridized carbons (Fsp3) is 1.00. The minimum absolute atomic E-state index is 0.0135. The Balaban J connectivity index is 2.16. The molecular formula is C11H19F4NO2S. The SMILES string of the molecule is O=S(=O)(CCC[C@@H]1C[C@@H](F)CN1)CCCC(F)(F)F. The summed E-state index contributed by atoms with van der Waals surface area (Å²) in [4.78, 5) is 0. The molecule has 3 nitrogen and oxygen atoms in total. The van der Waals surface area contributed by atoms with Crippen molar-refractivity contribution < 1.29 is 26.0 Å². The van der Waals surface area contributed by atoms with Gasteiger partial charge in [0, 0.05) is 19.0 Å². The van der Waals surface area contributed by atoms with E-state index < -0.39 is 34.4 Å². The van der Waals surface area contributed by atoms with E-state index in [1.54, 1.807) is 0 Å². The molecule has 0 aliphatic carbocycles. The number of nitrogens with one attached hydrogen (secondary N) is 1. The molecule has 2 atom stereocenters. The second-order valence-electron chi connectivity index (χ2n) is 4.95. The van der Waals surface area contributed by atoms with Crippen LogP contribution in [0.1, 0.15) is 32.1 Å². The summed E-state index contributed by atoms with van der Waals surface area (Å²) in [7, 11) is -3.43. The first-order valence-electron chi connectivity index (χ1n) is 6.32. The molecule has 114 valence electrons. The zero-order chi connectivity index (χ0) is 14.5. The molecule has 0 saturated carbocycles. The predicted molar refractivity (Wildman–Crippen MR) is 64.5 cm³/mol. The fourth-order valence-corrected chi connectivity index (χ4v) is 3.53. The van der Waals surface area contributed by atoms with E-state index in [1.165, 1.54) is 0 Å². The third-order valence-corrected chi connectivity index (χ3v) is 4.91. The summed E-state index contributed by atoms with van der Waals surface area (Å²) in [5.74, 6) is -0.559. The van der Waals surface area contributed by atoms with Gasteiger partial charge in [-0.15, -0.1) is 0 Å². The third-order valence-electron chi connectivity index (χ3n) is 3.09. The second-order valence-corrected chi connectivity index (χ2v) is 7.25. The van der Waals surface area contributed by atoms with Crippen molar-refractivity contribution >= 4 is 9.84 Å². The molecule has 1 fully saturated rings. The van der Waals surface area contributed by atoms with E-state index in [-0.39, 0.29) is 18.2 Å². The maximum Gasteiger partial charge on any atom is 0.389 e. The fourth-order valence-electron chi connectivity index (χ4n) is 2.13. The van der Waals surface area contributed by atoms with Gasteiger partial charge in [0.2, 0.25) is 0 Å². The Bertz CT molecular complexity index is 369. The van der Waals surface area contributed by atoms with E-state index in [2.05, 4.69) is 5.32 Å². The predicted octanol–water partition coefficient (Wildman–Crippen LogP) is 2.22. The Morgan fingerprint density at radius 3 is 2.32 bits per heavy atom. The molecule has 1 aliphatic rings. The molecular weight excluding hydrogens is 286 g/mol. The Kier molecular flexibility index (Phi) is 6.04. The van der Waals surface area contributed by atoms with Gasteiger partial charge in [-0.05, 0) is 25.7 Å². The van der Waals surface area contributed by atoms with Crippen LogP contribution in [0.4, 0.5) is 17.6 Å². The lowest BCUT2D eigenvalue weighted by Crippen LogP contribution is -2.22. The van der Waals surface area contributed by atoms with Crippen LogP contribution >= 0.6 is 0 Å². The van der Waals surface area contributed by atoms with Gasteiger partial charge in [-0.2, -0.15) is 13.2 Å². The highest BCUT2D eigenvalue weighted by Crippen LogP contribution is 2.22. The molecule has 0 unspecified atom stereocenters. The molecule has 0 aromatic carbocycles. The summed E-state index contributed by atoms with van der Waals surface area (Å²) in [5.41, 5.74) is 0. The van der Waals surface area contributed by atoms with Crippen molar-refractivity contribution in [2.24, 2.45) is 0 Å². The summed E-state index contributed by atoms with van der Waals surface area (Å²) < 4.78 is 71.5. The number of alkyl halides is 4. The number of rotatable bonds is 7. The molecule has 0 aromatic heterocycles. The van der Waals surface area contributed by atoms with Crippen molar-refractivity contribution in [1.82, 2.24) is 5.32 Å². The molecule has 1 rings (SSSR count). The second kappa shape index (κ2) is 6.88. The molecule has 0 bridgehead atoms. The highest BCUT2D eigenvalue weighted by atomic mass is 32.2. The zero-order valence-corrected chi connectivity index (χ0v) is 11.4. The number of hydrogen-bond acceptors (Lipinski definition) is 3. The van der Waals surface area contributed by atoms with Crippen molar-refractivity contribution in [3.05, 3.63) is 0 Å². The molecule has 0 radical (unpaired) electrons. The van der Waals surface area contributed by atoms with Crippen LogP contribution in [0.5, 0.6) is 0 Å². The number of hydrogen-bond donors (Lipinski definition) is 1. The van der Waals surface area contributed by atoms with E-state index in [1.807, 2.05) is 0 Å². The van der Waals surface area contributed by atoms with E-state index in [0.717, 1.165) is 0 Å². The van der Waals surface area contributed by atoms with Gasteiger partial charge in [0.05, 0.1) is 11.5 Å². The summed E-state index contributed by atoms with van der Waals surface area (Å²) in [6.07, 6.45) is -5.36. The largest absolute Gasteiger partial charge is 0.389 e. The van der Waals surface area contributed by atoms with Crippen LogP contribution in [0.3, 0.4) is 0 Å². The van der Waals surface area contributed by atoms with Gasteiger partial charge in [0.15, 0.2) is 0 Å². The minimum atomic E-state index is -4.31. The molecule has 1 aliphatic heterocycles. The minimum Gasteiger partial charge on any atom is -0.311 e. The highest BCUT2D eigenvalue weighted by molar-refractivity contribution is 7.91. The third kappa shape index (κ3) is 7.71. The van der Waals surface area contributed by atoms with Gasteiger partial charge in [-0.25, -0.2) is 12.8 Å². The van der Waals surface area contributed by atoms with Gasteiger partial charge >= 0.3 is 6.18 Å². The van der Waals surface area contributed by atoms with Crippen molar-refractivity contribution in [2.45, 2.75) is 50.5 Å². The highest BCUT2D eigenvalue weighted by Gasteiger charge is 2.27. The molecule has 0 spiro atoms. The van der Waals surface area contributed by atoms with E-state index in [4.69, 9.17) is 0 Å². The quantitative estimate of drug-likeness (QED) is 0.734. The molecule has 1 N–H and O–H groups in total. The summed E-state index contributed by atoms with van der Waals surface area (Å²) >= 11 is 0. The van der Waals surface area contributed by atoms with Crippen molar-refractivity contribution in [2.75, 3.05) is 18.1 Å². The lowest BCUT2D eigenvalue weighted by atomic mass is 10.1. The summed E-state index contributed by atoms with van der Waals surface area (Å²) in [5, 5.41) is 2.94. The maximum atomic E-state index is 12.8. The Labute approximate surface area is 110 Å². The standard InChI is InChI=1S/C11H19F4NO2S/c12-9-7-10(16-8-9)3-1-5-19(17,18)6-2-4-11(13,14)15/h9-10,16H,1-8H2/t9-,10-/m1/s1. The Morgan fingerprint density at radius 1 is 1.16 bits per heavy atom. The first kappa shape index (κ1) is 16.7. The van der Waals surface area contributed by atoms with Crippen molar-refractivity contribution in [3.63, 3.8) is 0 Å². The zero-order valence-electron chi connectivity index (χ0n) is 10.5. The molecule has 1 heterocycles. The van der Waals surface area contributed by atoms with E-state index in [9.17, 15) is 26.0 Å². The Morgan fingerprint density at radius 2 is 1.79 bits per heavy atom. The van der Waals surface area contributed by atoms with Crippen LogP contribution in [0, 0.1) is 0 Å². The molecule has 8 heteroatoms. The van der Waals surface area contributed by atoms with Gasteiger partial charge in [0.1, 0.15) is 16.0 Å². The monoisotopic (exact) mass is 305 g/mol. The molecule has 1 saturated heterocycles. The van der Waals surface area contributed by atoms with Crippen LogP contribution in [0.25, 0.3) is 0 Å². The average Bonchev–Trinajstić information content (AvgIpc) is 2.61. The van der Waals surface area contributed by atoms with E-state index >= 15 is 0 Å². The summed E-state index contributed by atoms with van der Waals surface area (Å²) in [6, 6.07) is -0.0135. The lowest BCUT2D eigenvalue weighted by molar-refractivity contribution is -0.134. The number of halogens is 4. The van der Waals surface area contributed by atoms with Crippen LogP contribution in [-0.4, -0.2) is 44.9 Å². The molecule has 0 aromatic rings. The van der Waals surface area contributed by atoms with Crippen LogP contribution in [0.15, 0.2) is 0 Å². The smallest absolute Gasteiger partial charge is 0.311 e. The van der Waals surface area contributed by atoms with Crippen LogP contribution < -0.4 is 5.32 Å². The van der Waals surface area contributed by atoms with Crippen LogP contribution in [0.2, 0.25) is 0 Å². The topological polar surface area (TPSA) is 46.2 Å². The van der Waals surface area contributed by atoms with Crippen molar-refractivity contribution in [1.29, 1.82) is 0 Å².